The standard InChI is InChI=1S/C15H19N3O3/c1-3-18-9-12(8-16-18)14-10-17(5-7-21-14)15(19)13-4-6-20-11(13)2/h4,6,8-9,14H,3,5,7,10H2,1-2H3/t14-/m0/s1. The largest absolute Gasteiger partial charge is 0.469 e. The van der Waals surface area contributed by atoms with Gasteiger partial charge in [-0.2, -0.15) is 5.10 Å². The fourth-order valence-corrected chi connectivity index (χ4v) is 2.53. The van der Waals surface area contributed by atoms with Crippen molar-refractivity contribution in [2.24, 2.45) is 0 Å². The second-order valence-electron chi connectivity index (χ2n) is 5.13. The van der Waals surface area contributed by atoms with Crippen molar-refractivity contribution in [1.29, 1.82) is 0 Å². The number of hydrogen-bond donors (Lipinski definition) is 0. The van der Waals surface area contributed by atoms with Gasteiger partial charge < -0.3 is 14.1 Å². The van der Waals surface area contributed by atoms with E-state index in [2.05, 4.69) is 5.10 Å². The Bertz CT molecular complexity index is 632. The third-order valence-corrected chi connectivity index (χ3v) is 3.79. The van der Waals surface area contributed by atoms with Crippen LogP contribution in [0.4, 0.5) is 0 Å². The van der Waals surface area contributed by atoms with Gasteiger partial charge in [-0.25, -0.2) is 0 Å². The zero-order valence-electron chi connectivity index (χ0n) is 12.3. The number of ether oxygens (including phenoxy) is 1. The minimum absolute atomic E-state index is 0.00238. The normalized spacial score (nSPS) is 19.0. The highest BCUT2D eigenvalue weighted by molar-refractivity contribution is 5.95. The number of furan rings is 1. The fourth-order valence-electron chi connectivity index (χ4n) is 2.53. The van der Waals surface area contributed by atoms with E-state index in [-0.39, 0.29) is 12.0 Å². The second-order valence-corrected chi connectivity index (χ2v) is 5.13. The summed E-state index contributed by atoms with van der Waals surface area (Å²) in [5.41, 5.74) is 1.64. The summed E-state index contributed by atoms with van der Waals surface area (Å²) in [6.45, 7) is 6.33. The number of nitrogens with zero attached hydrogens (tertiary/aromatic N) is 3. The molecular formula is C15H19N3O3. The van der Waals surface area contributed by atoms with E-state index in [0.717, 1.165) is 12.1 Å². The van der Waals surface area contributed by atoms with E-state index in [9.17, 15) is 4.79 Å². The van der Waals surface area contributed by atoms with Crippen LogP contribution in [0.2, 0.25) is 0 Å². The first-order valence-corrected chi connectivity index (χ1v) is 7.16. The van der Waals surface area contributed by atoms with Crippen molar-refractivity contribution >= 4 is 5.91 Å². The van der Waals surface area contributed by atoms with Crippen molar-refractivity contribution in [3.05, 3.63) is 41.6 Å². The van der Waals surface area contributed by atoms with E-state index in [0.29, 0.717) is 31.0 Å². The number of carbonyl (C=O) groups is 1. The van der Waals surface area contributed by atoms with Crippen molar-refractivity contribution in [2.45, 2.75) is 26.5 Å². The van der Waals surface area contributed by atoms with Gasteiger partial charge in [0.15, 0.2) is 0 Å². The highest BCUT2D eigenvalue weighted by atomic mass is 16.5. The highest BCUT2D eigenvalue weighted by Gasteiger charge is 2.28. The minimum atomic E-state index is -0.116. The number of hydrogen-bond acceptors (Lipinski definition) is 4. The van der Waals surface area contributed by atoms with Crippen molar-refractivity contribution in [2.75, 3.05) is 19.7 Å². The lowest BCUT2D eigenvalue weighted by molar-refractivity contribution is -0.0229. The topological polar surface area (TPSA) is 60.5 Å². The fraction of sp³-hybridized carbons (Fsp3) is 0.467. The summed E-state index contributed by atoms with van der Waals surface area (Å²) in [5.74, 6) is 0.652. The maximum absolute atomic E-state index is 12.5. The number of aromatic nitrogens is 2. The van der Waals surface area contributed by atoms with Crippen molar-refractivity contribution in [1.82, 2.24) is 14.7 Å². The lowest BCUT2D eigenvalue weighted by Gasteiger charge is -2.32. The predicted octanol–water partition coefficient (Wildman–Crippen LogP) is 2.02. The van der Waals surface area contributed by atoms with Gasteiger partial charge in [-0.15, -0.1) is 0 Å². The van der Waals surface area contributed by atoms with E-state index in [1.54, 1.807) is 19.3 Å². The first-order valence-electron chi connectivity index (χ1n) is 7.16. The Balaban J connectivity index is 1.74. The Morgan fingerprint density at radius 1 is 1.52 bits per heavy atom. The summed E-state index contributed by atoms with van der Waals surface area (Å²) in [7, 11) is 0. The molecule has 1 saturated heterocycles. The van der Waals surface area contributed by atoms with E-state index < -0.39 is 0 Å². The Kier molecular flexibility index (Phi) is 3.79. The molecule has 0 unspecified atom stereocenters. The van der Waals surface area contributed by atoms with E-state index in [1.165, 1.54) is 0 Å². The summed E-state index contributed by atoms with van der Waals surface area (Å²) < 4.78 is 12.9. The van der Waals surface area contributed by atoms with Gasteiger partial charge in [0.1, 0.15) is 11.9 Å². The van der Waals surface area contributed by atoms with Gasteiger partial charge in [-0.1, -0.05) is 0 Å². The Morgan fingerprint density at radius 2 is 2.38 bits per heavy atom. The monoisotopic (exact) mass is 289 g/mol. The molecule has 3 rings (SSSR count). The first kappa shape index (κ1) is 13.9. The van der Waals surface area contributed by atoms with Gasteiger partial charge in [-0.3, -0.25) is 9.48 Å². The third kappa shape index (κ3) is 2.71. The van der Waals surface area contributed by atoms with Crippen molar-refractivity contribution in [3.8, 4) is 0 Å². The molecule has 1 aliphatic rings. The third-order valence-electron chi connectivity index (χ3n) is 3.79. The van der Waals surface area contributed by atoms with E-state index in [1.807, 2.05) is 28.9 Å². The molecule has 2 aromatic heterocycles. The van der Waals surface area contributed by atoms with Crippen LogP contribution in [-0.4, -0.2) is 40.3 Å². The molecule has 0 aliphatic carbocycles. The first-order chi connectivity index (χ1) is 10.2. The van der Waals surface area contributed by atoms with Crippen LogP contribution in [0.3, 0.4) is 0 Å². The molecule has 1 amide bonds. The SMILES string of the molecule is CCn1cc([C@@H]2CN(C(=O)c3ccoc3C)CCO2)cn1. The molecule has 0 spiro atoms. The van der Waals surface area contributed by atoms with Crippen LogP contribution in [0.1, 0.15) is 34.7 Å². The minimum Gasteiger partial charge on any atom is -0.469 e. The molecule has 21 heavy (non-hydrogen) atoms. The van der Waals surface area contributed by atoms with E-state index >= 15 is 0 Å². The zero-order chi connectivity index (χ0) is 14.8. The molecule has 3 heterocycles. The molecule has 0 bridgehead atoms. The summed E-state index contributed by atoms with van der Waals surface area (Å²) in [6.07, 6.45) is 5.22. The Morgan fingerprint density at radius 3 is 3.05 bits per heavy atom. The molecule has 0 N–H and O–H groups in total. The van der Waals surface area contributed by atoms with Crippen LogP contribution < -0.4 is 0 Å². The van der Waals surface area contributed by atoms with Gasteiger partial charge >= 0.3 is 0 Å². The lowest BCUT2D eigenvalue weighted by Crippen LogP contribution is -2.42. The Hall–Kier alpha value is -2.08. The number of rotatable bonds is 3. The van der Waals surface area contributed by atoms with Crippen LogP contribution in [-0.2, 0) is 11.3 Å². The molecule has 1 aliphatic heterocycles. The molecule has 1 fully saturated rings. The zero-order valence-corrected chi connectivity index (χ0v) is 12.3. The van der Waals surface area contributed by atoms with Crippen molar-refractivity contribution < 1.29 is 13.9 Å². The number of aryl methyl sites for hydroxylation is 2. The molecule has 0 aromatic carbocycles. The molecule has 6 nitrogen and oxygen atoms in total. The second kappa shape index (κ2) is 5.73. The number of morpholine rings is 1. The molecule has 1 atom stereocenters. The van der Waals surface area contributed by atoms with Gasteiger partial charge in [0, 0.05) is 24.8 Å². The molecule has 112 valence electrons. The summed E-state index contributed by atoms with van der Waals surface area (Å²) >= 11 is 0. The molecular weight excluding hydrogens is 270 g/mol. The Labute approximate surface area is 123 Å². The van der Waals surface area contributed by atoms with Crippen LogP contribution >= 0.6 is 0 Å². The molecule has 6 heteroatoms. The van der Waals surface area contributed by atoms with E-state index in [4.69, 9.17) is 9.15 Å². The molecule has 0 radical (unpaired) electrons. The smallest absolute Gasteiger partial charge is 0.257 e. The highest BCUT2D eigenvalue weighted by Crippen LogP contribution is 2.23. The summed E-state index contributed by atoms with van der Waals surface area (Å²) in [6, 6.07) is 1.72. The van der Waals surface area contributed by atoms with Crippen LogP contribution in [0, 0.1) is 6.92 Å². The summed E-state index contributed by atoms with van der Waals surface area (Å²) in [4.78, 5) is 14.3. The number of carbonyl (C=O) groups excluding carboxylic acids is 1. The summed E-state index contributed by atoms with van der Waals surface area (Å²) in [5, 5.41) is 4.26. The van der Waals surface area contributed by atoms with Gasteiger partial charge in [0.2, 0.25) is 0 Å². The quantitative estimate of drug-likeness (QED) is 0.867. The molecule has 2 aromatic rings. The molecule has 0 saturated carbocycles. The van der Waals surface area contributed by atoms with Crippen LogP contribution in [0.15, 0.2) is 29.1 Å². The van der Waals surface area contributed by atoms with Gasteiger partial charge in [0.05, 0.1) is 31.2 Å². The number of amides is 1. The van der Waals surface area contributed by atoms with Gasteiger partial charge in [-0.05, 0) is 19.9 Å². The predicted molar refractivity (Wildman–Crippen MR) is 75.9 cm³/mol. The average Bonchev–Trinajstić information content (AvgIpc) is 3.15. The average molecular weight is 289 g/mol. The maximum Gasteiger partial charge on any atom is 0.257 e. The van der Waals surface area contributed by atoms with Crippen LogP contribution in [0.5, 0.6) is 0 Å². The lowest BCUT2D eigenvalue weighted by atomic mass is 10.1. The maximum atomic E-state index is 12.5. The van der Waals surface area contributed by atoms with Crippen molar-refractivity contribution in [3.63, 3.8) is 0 Å². The van der Waals surface area contributed by atoms with Crippen LogP contribution in [0.25, 0.3) is 0 Å². The van der Waals surface area contributed by atoms with Gasteiger partial charge in [0.25, 0.3) is 5.91 Å².